The molecule has 0 spiro atoms. The third-order valence-electron chi connectivity index (χ3n) is 2.41. The Kier molecular flexibility index (Phi) is 2.68. The smallest absolute Gasteiger partial charge is 0.335 e. The van der Waals surface area contributed by atoms with Crippen LogP contribution in [0.25, 0.3) is 11.3 Å². The number of nitrogens with zero attached hydrogens (tertiary/aromatic N) is 1. The Hall–Kier alpha value is -2.16. The first-order valence-corrected chi connectivity index (χ1v) is 4.94. The van der Waals surface area contributed by atoms with Gasteiger partial charge in [-0.3, -0.25) is 4.98 Å². The number of aromatic nitrogens is 1. The lowest BCUT2D eigenvalue weighted by Crippen LogP contribution is -1.95. The summed E-state index contributed by atoms with van der Waals surface area (Å²) < 4.78 is 0. The Morgan fingerprint density at radius 3 is 2.44 bits per heavy atom. The molecule has 0 saturated heterocycles. The van der Waals surface area contributed by atoms with Crippen molar-refractivity contribution in [2.45, 2.75) is 6.92 Å². The van der Waals surface area contributed by atoms with Crippen LogP contribution in [0.3, 0.4) is 0 Å². The molecular weight excluding hydrogens is 202 g/mol. The van der Waals surface area contributed by atoms with Crippen molar-refractivity contribution in [2.75, 3.05) is 0 Å². The van der Waals surface area contributed by atoms with E-state index in [1.807, 2.05) is 19.1 Å². The van der Waals surface area contributed by atoms with E-state index in [0.717, 1.165) is 16.8 Å². The highest BCUT2D eigenvalue weighted by Crippen LogP contribution is 2.20. The van der Waals surface area contributed by atoms with Crippen molar-refractivity contribution < 1.29 is 9.90 Å². The summed E-state index contributed by atoms with van der Waals surface area (Å²) >= 11 is 0. The summed E-state index contributed by atoms with van der Waals surface area (Å²) in [6, 6.07) is 10.6. The SMILES string of the molecule is Cc1cccnc1-c1ccc(C(=O)O)cc1. The van der Waals surface area contributed by atoms with Crippen LogP contribution >= 0.6 is 0 Å². The molecule has 1 N–H and O–H groups in total. The molecule has 0 fully saturated rings. The lowest BCUT2D eigenvalue weighted by Gasteiger charge is -2.04. The van der Waals surface area contributed by atoms with Crippen LogP contribution in [0.4, 0.5) is 0 Å². The van der Waals surface area contributed by atoms with Gasteiger partial charge in [0.1, 0.15) is 0 Å². The minimum Gasteiger partial charge on any atom is -0.478 e. The molecule has 0 aliphatic rings. The average molecular weight is 213 g/mol. The first-order chi connectivity index (χ1) is 7.68. The molecule has 0 aliphatic heterocycles. The highest BCUT2D eigenvalue weighted by atomic mass is 16.4. The van der Waals surface area contributed by atoms with Crippen molar-refractivity contribution in [3.63, 3.8) is 0 Å². The number of rotatable bonds is 2. The van der Waals surface area contributed by atoms with E-state index in [-0.39, 0.29) is 5.56 Å². The maximum Gasteiger partial charge on any atom is 0.335 e. The fourth-order valence-corrected chi connectivity index (χ4v) is 1.56. The van der Waals surface area contributed by atoms with Crippen molar-refractivity contribution in [1.82, 2.24) is 4.98 Å². The predicted octanol–water partition coefficient (Wildman–Crippen LogP) is 2.76. The average Bonchev–Trinajstić information content (AvgIpc) is 2.30. The summed E-state index contributed by atoms with van der Waals surface area (Å²) in [5.74, 6) is -0.913. The molecule has 0 aliphatic carbocycles. The lowest BCUT2D eigenvalue weighted by molar-refractivity contribution is 0.0697. The molecule has 1 aromatic heterocycles. The Morgan fingerprint density at radius 1 is 1.19 bits per heavy atom. The van der Waals surface area contributed by atoms with Crippen LogP contribution in [0.1, 0.15) is 15.9 Å². The first kappa shape index (κ1) is 10.4. The second-order valence-electron chi connectivity index (χ2n) is 3.55. The number of aromatic carboxylic acids is 1. The quantitative estimate of drug-likeness (QED) is 0.834. The van der Waals surface area contributed by atoms with Gasteiger partial charge >= 0.3 is 5.97 Å². The van der Waals surface area contributed by atoms with E-state index in [0.29, 0.717) is 0 Å². The molecule has 16 heavy (non-hydrogen) atoms. The predicted molar refractivity (Wildman–Crippen MR) is 61.4 cm³/mol. The molecule has 80 valence electrons. The van der Waals surface area contributed by atoms with Gasteiger partial charge in [-0.2, -0.15) is 0 Å². The molecule has 2 rings (SSSR count). The highest BCUT2D eigenvalue weighted by molar-refractivity contribution is 5.88. The van der Waals surface area contributed by atoms with Crippen molar-refractivity contribution in [3.8, 4) is 11.3 Å². The van der Waals surface area contributed by atoms with Crippen LogP contribution in [0.2, 0.25) is 0 Å². The van der Waals surface area contributed by atoms with Gasteiger partial charge in [0, 0.05) is 11.8 Å². The number of hydrogen-bond donors (Lipinski definition) is 1. The largest absolute Gasteiger partial charge is 0.478 e. The molecule has 3 heteroatoms. The van der Waals surface area contributed by atoms with Crippen molar-refractivity contribution in [2.24, 2.45) is 0 Å². The fraction of sp³-hybridized carbons (Fsp3) is 0.0769. The van der Waals surface area contributed by atoms with Gasteiger partial charge in [0.15, 0.2) is 0 Å². The van der Waals surface area contributed by atoms with Crippen molar-refractivity contribution in [3.05, 3.63) is 53.7 Å². The van der Waals surface area contributed by atoms with Crippen LogP contribution < -0.4 is 0 Å². The second-order valence-corrected chi connectivity index (χ2v) is 3.55. The van der Waals surface area contributed by atoms with Crippen molar-refractivity contribution in [1.29, 1.82) is 0 Å². The van der Waals surface area contributed by atoms with Crippen LogP contribution in [0.15, 0.2) is 42.6 Å². The van der Waals surface area contributed by atoms with Gasteiger partial charge in [-0.1, -0.05) is 18.2 Å². The van der Waals surface area contributed by atoms with Crippen molar-refractivity contribution >= 4 is 5.97 Å². The van der Waals surface area contributed by atoms with E-state index in [2.05, 4.69) is 4.98 Å². The van der Waals surface area contributed by atoms with E-state index < -0.39 is 5.97 Å². The number of hydrogen-bond acceptors (Lipinski definition) is 2. The number of benzene rings is 1. The summed E-state index contributed by atoms with van der Waals surface area (Å²) in [5.41, 5.74) is 3.19. The van der Waals surface area contributed by atoms with E-state index >= 15 is 0 Å². The number of carbonyl (C=O) groups is 1. The van der Waals surface area contributed by atoms with E-state index in [4.69, 9.17) is 5.11 Å². The topological polar surface area (TPSA) is 50.2 Å². The molecule has 0 saturated carbocycles. The van der Waals surface area contributed by atoms with Gasteiger partial charge in [0.05, 0.1) is 11.3 Å². The molecule has 2 aromatic rings. The van der Waals surface area contributed by atoms with E-state index in [9.17, 15) is 4.79 Å². The van der Waals surface area contributed by atoms with E-state index in [1.165, 1.54) is 0 Å². The Morgan fingerprint density at radius 2 is 1.88 bits per heavy atom. The molecule has 1 aromatic carbocycles. The van der Waals surface area contributed by atoms with Crippen LogP contribution in [0, 0.1) is 6.92 Å². The highest BCUT2D eigenvalue weighted by Gasteiger charge is 2.05. The summed E-state index contributed by atoms with van der Waals surface area (Å²) in [4.78, 5) is 15.0. The van der Waals surface area contributed by atoms with Gasteiger partial charge in [-0.25, -0.2) is 4.79 Å². The molecule has 3 nitrogen and oxygen atoms in total. The molecule has 1 heterocycles. The molecule has 0 atom stereocenters. The van der Waals surface area contributed by atoms with Crippen LogP contribution in [-0.2, 0) is 0 Å². The number of carboxylic acids is 1. The zero-order valence-electron chi connectivity index (χ0n) is 8.84. The number of aryl methyl sites for hydroxylation is 1. The molecular formula is C13H11NO2. The van der Waals surface area contributed by atoms with Crippen LogP contribution in [-0.4, -0.2) is 16.1 Å². The minimum atomic E-state index is -0.913. The van der Waals surface area contributed by atoms with Crippen LogP contribution in [0.5, 0.6) is 0 Å². The number of pyridine rings is 1. The maximum atomic E-state index is 10.7. The Balaban J connectivity index is 2.43. The third-order valence-corrected chi connectivity index (χ3v) is 2.41. The zero-order valence-corrected chi connectivity index (χ0v) is 8.84. The standard InChI is InChI=1S/C13H11NO2/c1-9-3-2-8-14-12(9)10-4-6-11(7-5-10)13(15)16/h2-8H,1H3,(H,15,16). The second kappa shape index (κ2) is 4.14. The van der Waals surface area contributed by atoms with Gasteiger partial charge in [0.2, 0.25) is 0 Å². The number of carboxylic acid groups (broad SMARTS) is 1. The maximum absolute atomic E-state index is 10.7. The monoisotopic (exact) mass is 213 g/mol. The fourth-order valence-electron chi connectivity index (χ4n) is 1.56. The summed E-state index contributed by atoms with van der Waals surface area (Å²) in [7, 11) is 0. The molecule has 0 amide bonds. The van der Waals surface area contributed by atoms with Gasteiger partial charge in [-0.15, -0.1) is 0 Å². The third kappa shape index (κ3) is 1.93. The molecule has 0 bridgehead atoms. The first-order valence-electron chi connectivity index (χ1n) is 4.94. The van der Waals surface area contributed by atoms with Gasteiger partial charge < -0.3 is 5.11 Å². The Bertz CT molecular complexity index is 518. The normalized spacial score (nSPS) is 10.1. The summed E-state index contributed by atoms with van der Waals surface area (Å²) in [6.45, 7) is 1.98. The van der Waals surface area contributed by atoms with Gasteiger partial charge in [-0.05, 0) is 30.7 Å². The summed E-state index contributed by atoms with van der Waals surface area (Å²) in [5, 5.41) is 8.79. The molecule has 0 unspecified atom stereocenters. The molecule has 0 radical (unpaired) electrons. The minimum absolute atomic E-state index is 0.289. The Labute approximate surface area is 93.4 Å². The lowest BCUT2D eigenvalue weighted by atomic mass is 10.1. The van der Waals surface area contributed by atoms with Gasteiger partial charge in [0.25, 0.3) is 0 Å². The van der Waals surface area contributed by atoms with E-state index in [1.54, 1.807) is 30.5 Å². The summed E-state index contributed by atoms with van der Waals surface area (Å²) in [6.07, 6.45) is 1.73. The zero-order chi connectivity index (χ0) is 11.5.